The van der Waals surface area contributed by atoms with Crippen LogP contribution in [0.25, 0.3) is 0 Å². The van der Waals surface area contributed by atoms with Crippen LogP contribution in [0.5, 0.6) is 0 Å². The number of nitrogens with zero attached hydrogens (tertiary/aromatic N) is 1. The van der Waals surface area contributed by atoms with E-state index < -0.39 is 5.60 Å². The smallest absolute Gasteiger partial charge is 0.410 e. The molecule has 0 bridgehead atoms. The molecule has 0 aliphatic rings. The van der Waals surface area contributed by atoms with Gasteiger partial charge in [-0.1, -0.05) is 13.8 Å². The van der Waals surface area contributed by atoms with E-state index in [2.05, 4.69) is 6.92 Å². The summed E-state index contributed by atoms with van der Waals surface area (Å²) in [6, 6.07) is 0. The first-order chi connectivity index (χ1) is 6.40. The number of carbonyl (C=O) groups is 1. The van der Waals surface area contributed by atoms with Crippen molar-refractivity contribution in [3.63, 3.8) is 0 Å². The van der Waals surface area contributed by atoms with E-state index in [0.29, 0.717) is 6.54 Å². The minimum absolute atomic E-state index is 0.233. The lowest BCUT2D eigenvalue weighted by Gasteiger charge is -2.26. The molecule has 0 N–H and O–H groups in total. The second-order valence-corrected chi connectivity index (χ2v) is 4.32. The Morgan fingerprint density at radius 2 is 1.93 bits per heavy atom. The lowest BCUT2D eigenvalue weighted by molar-refractivity contribution is 0.0253. The van der Waals surface area contributed by atoms with Gasteiger partial charge in [-0.15, -0.1) is 0 Å². The van der Waals surface area contributed by atoms with Crippen molar-refractivity contribution in [2.24, 2.45) is 0 Å². The van der Waals surface area contributed by atoms with Gasteiger partial charge >= 0.3 is 6.09 Å². The van der Waals surface area contributed by atoms with E-state index in [1.807, 2.05) is 27.7 Å². The molecule has 0 aromatic carbocycles. The van der Waals surface area contributed by atoms with Crippen molar-refractivity contribution in [3.8, 4) is 0 Å². The van der Waals surface area contributed by atoms with Crippen molar-refractivity contribution in [3.05, 3.63) is 6.92 Å². The Morgan fingerprint density at radius 1 is 1.36 bits per heavy atom. The molecule has 0 aromatic heterocycles. The summed E-state index contributed by atoms with van der Waals surface area (Å²) in [5.41, 5.74) is -0.412. The van der Waals surface area contributed by atoms with Gasteiger partial charge in [0.25, 0.3) is 0 Å². The highest BCUT2D eigenvalue weighted by Gasteiger charge is 2.20. The average Bonchev–Trinajstić information content (AvgIpc) is 2.01. The maximum Gasteiger partial charge on any atom is 0.410 e. The highest BCUT2D eigenvalue weighted by molar-refractivity contribution is 5.68. The fraction of sp³-hybridized carbons (Fsp3) is 0.818. The zero-order valence-corrected chi connectivity index (χ0v) is 9.80. The van der Waals surface area contributed by atoms with Crippen molar-refractivity contribution < 1.29 is 9.53 Å². The van der Waals surface area contributed by atoms with Crippen molar-refractivity contribution in [1.29, 1.82) is 0 Å². The van der Waals surface area contributed by atoms with E-state index in [1.54, 1.807) is 4.90 Å². The molecule has 0 fully saturated rings. The van der Waals surface area contributed by atoms with Crippen LogP contribution in [0, 0.1) is 6.92 Å². The van der Waals surface area contributed by atoms with E-state index in [9.17, 15) is 4.79 Å². The maximum absolute atomic E-state index is 11.6. The molecule has 3 nitrogen and oxygen atoms in total. The van der Waals surface area contributed by atoms with Crippen molar-refractivity contribution in [1.82, 2.24) is 4.90 Å². The molecule has 0 heterocycles. The van der Waals surface area contributed by atoms with Crippen LogP contribution in [-0.4, -0.2) is 29.7 Å². The molecular weight excluding hydrogens is 178 g/mol. The predicted molar refractivity (Wildman–Crippen MR) is 58.1 cm³/mol. The van der Waals surface area contributed by atoms with Crippen LogP contribution in [0.4, 0.5) is 4.79 Å². The fourth-order valence-corrected chi connectivity index (χ4v) is 1.08. The summed E-state index contributed by atoms with van der Waals surface area (Å²) >= 11 is 0. The molecule has 0 aliphatic carbocycles. The summed E-state index contributed by atoms with van der Waals surface area (Å²) < 4.78 is 5.26. The lowest BCUT2D eigenvalue weighted by atomic mass is 10.2. The topological polar surface area (TPSA) is 29.5 Å². The quantitative estimate of drug-likeness (QED) is 0.698. The summed E-state index contributed by atoms with van der Waals surface area (Å²) in [6.07, 6.45) is 1.43. The number of ether oxygens (including phenoxy) is 1. The number of rotatable bonds is 4. The van der Waals surface area contributed by atoms with Crippen LogP contribution in [0.15, 0.2) is 0 Å². The van der Waals surface area contributed by atoms with E-state index in [-0.39, 0.29) is 6.09 Å². The monoisotopic (exact) mass is 200 g/mol. The summed E-state index contributed by atoms with van der Waals surface area (Å²) in [7, 11) is 0. The molecule has 0 unspecified atom stereocenters. The van der Waals surface area contributed by atoms with Crippen LogP contribution in [0.3, 0.4) is 0 Å². The van der Waals surface area contributed by atoms with Crippen LogP contribution in [-0.2, 0) is 4.74 Å². The molecule has 0 atom stereocenters. The minimum atomic E-state index is -0.412. The van der Waals surface area contributed by atoms with Gasteiger partial charge in [-0.3, -0.25) is 0 Å². The van der Waals surface area contributed by atoms with Crippen molar-refractivity contribution in [2.45, 2.75) is 46.1 Å². The Bertz CT molecular complexity index is 167. The van der Waals surface area contributed by atoms with Crippen molar-refractivity contribution >= 4 is 6.09 Å². The first-order valence-corrected chi connectivity index (χ1v) is 5.18. The van der Waals surface area contributed by atoms with Gasteiger partial charge in [0.15, 0.2) is 0 Å². The molecule has 1 amide bonds. The van der Waals surface area contributed by atoms with E-state index in [4.69, 9.17) is 4.74 Å². The van der Waals surface area contributed by atoms with Crippen LogP contribution in [0.2, 0.25) is 0 Å². The van der Waals surface area contributed by atoms with E-state index in [0.717, 1.165) is 19.4 Å². The molecule has 0 saturated heterocycles. The van der Waals surface area contributed by atoms with Crippen molar-refractivity contribution in [2.75, 3.05) is 13.1 Å². The summed E-state index contributed by atoms with van der Waals surface area (Å²) in [5.74, 6) is 0. The third-order valence-corrected chi connectivity index (χ3v) is 1.57. The van der Waals surface area contributed by atoms with Gasteiger partial charge in [-0.05, 0) is 33.6 Å². The average molecular weight is 200 g/mol. The lowest BCUT2D eigenvalue weighted by Crippen LogP contribution is -2.37. The number of hydrogen-bond donors (Lipinski definition) is 0. The van der Waals surface area contributed by atoms with Crippen LogP contribution in [0.1, 0.15) is 40.5 Å². The van der Waals surface area contributed by atoms with E-state index in [1.165, 1.54) is 0 Å². The Hall–Kier alpha value is -0.730. The van der Waals surface area contributed by atoms with Crippen LogP contribution < -0.4 is 0 Å². The Kier molecular flexibility index (Phi) is 5.58. The molecule has 3 heteroatoms. The Balaban J connectivity index is 4.14. The zero-order valence-electron chi connectivity index (χ0n) is 9.80. The molecule has 0 rings (SSSR count). The molecule has 0 aromatic rings. The first-order valence-electron chi connectivity index (χ1n) is 5.18. The molecule has 0 aliphatic heterocycles. The van der Waals surface area contributed by atoms with Gasteiger partial charge < -0.3 is 9.64 Å². The van der Waals surface area contributed by atoms with Gasteiger partial charge in [-0.25, -0.2) is 4.79 Å². The number of hydrogen-bond acceptors (Lipinski definition) is 2. The minimum Gasteiger partial charge on any atom is -0.444 e. The predicted octanol–water partition coefficient (Wildman–Crippen LogP) is 2.86. The zero-order chi connectivity index (χ0) is 11.2. The van der Waals surface area contributed by atoms with E-state index >= 15 is 0 Å². The standard InChI is InChI=1S/C11H22NO2/c1-6-8-12(9-7-2)10(13)14-11(3,4)5/h1,6-9H2,2-5H3. The third kappa shape index (κ3) is 5.84. The van der Waals surface area contributed by atoms with Gasteiger partial charge in [0.1, 0.15) is 5.60 Å². The van der Waals surface area contributed by atoms with Gasteiger partial charge in [0, 0.05) is 13.1 Å². The maximum atomic E-state index is 11.6. The summed E-state index contributed by atoms with van der Waals surface area (Å²) in [6.45, 7) is 12.8. The SMILES string of the molecule is [CH2]CCN(CCC)C(=O)OC(C)(C)C. The molecule has 1 radical (unpaired) electrons. The van der Waals surface area contributed by atoms with Gasteiger partial charge in [-0.2, -0.15) is 0 Å². The first kappa shape index (κ1) is 13.3. The largest absolute Gasteiger partial charge is 0.444 e. The summed E-state index contributed by atoms with van der Waals surface area (Å²) in [4.78, 5) is 13.3. The Labute approximate surface area is 87.4 Å². The highest BCUT2D eigenvalue weighted by atomic mass is 16.6. The molecule has 0 saturated carbocycles. The van der Waals surface area contributed by atoms with Gasteiger partial charge in [0.05, 0.1) is 0 Å². The molecular formula is C11H22NO2. The van der Waals surface area contributed by atoms with Crippen LogP contribution >= 0.6 is 0 Å². The molecule has 83 valence electrons. The highest BCUT2D eigenvalue weighted by Crippen LogP contribution is 2.10. The molecule has 14 heavy (non-hydrogen) atoms. The normalized spacial score (nSPS) is 11.2. The number of carbonyl (C=O) groups excluding carboxylic acids is 1. The third-order valence-electron chi connectivity index (χ3n) is 1.57. The summed E-state index contributed by atoms with van der Waals surface area (Å²) in [5, 5.41) is 0. The second kappa shape index (κ2) is 5.89. The second-order valence-electron chi connectivity index (χ2n) is 4.32. The Morgan fingerprint density at radius 3 is 2.29 bits per heavy atom. The number of amides is 1. The molecule has 0 spiro atoms. The fourth-order valence-electron chi connectivity index (χ4n) is 1.08. The van der Waals surface area contributed by atoms with Gasteiger partial charge in [0.2, 0.25) is 0 Å².